The van der Waals surface area contributed by atoms with E-state index in [1.54, 1.807) is 0 Å². The first-order valence-corrected chi connectivity index (χ1v) is 6.33. The fourth-order valence-electron chi connectivity index (χ4n) is 2.03. The van der Waals surface area contributed by atoms with Gasteiger partial charge in [0.05, 0.1) is 16.7 Å². The molecule has 0 N–H and O–H groups in total. The van der Waals surface area contributed by atoms with Gasteiger partial charge in [-0.05, 0) is 33.8 Å². The summed E-state index contributed by atoms with van der Waals surface area (Å²) in [7, 11) is -0.992. The fourth-order valence-corrected chi connectivity index (χ4v) is 2.03. The van der Waals surface area contributed by atoms with Crippen LogP contribution in [0.5, 0.6) is 11.5 Å². The lowest BCUT2D eigenvalue weighted by molar-refractivity contribution is 0.00578. The Morgan fingerprint density at radius 1 is 1.10 bits per heavy atom. The van der Waals surface area contributed by atoms with Crippen LogP contribution in [0.2, 0.25) is 0 Å². The zero-order chi connectivity index (χ0) is 18.1. The van der Waals surface area contributed by atoms with Crippen molar-refractivity contribution in [3.05, 3.63) is 17.9 Å². The van der Waals surface area contributed by atoms with Gasteiger partial charge in [0.1, 0.15) is 13.1 Å². The van der Waals surface area contributed by atoms with Crippen molar-refractivity contribution < 1.29 is 28.7 Å². The molecule has 0 aliphatic carbocycles. The van der Waals surface area contributed by atoms with Gasteiger partial charge < -0.3 is 18.8 Å². The molecule has 0 radical (unpaired) electrons. The number of benzene rings is 1. The maximum atomic E-state index is 14.9. The van der Waals surface area contributed by atoms with Crippen molar-refractivity contribution in [2.75, 3.05) is 13.1 Å². The molecule has 20 heavy (non-hydrogen) atoms. The number of ether oxygens (including phenoxy) is 2. The lowest BCUT2D eigenvalue weighted by atomic mass is 9.78. The summed E-state index contributed by atoms with van der Waals surface area (Å²) in [5, 5.41) is 0. The minimum absolute atomic E-state index is 0.0364. The third-order valence-corrected chi connectivity index (χ3v) is 3.95. The van der Waals surface area contributed by atoms with Crippen molar-refractivity contribution in [3.8, 4) is 11.5 Å². The Morgan fingerprint density at radius 2 is 1.70 bits per heavy atom. The van der Waals surface area contributed by atoms with Crippen LogP contribution in [-0.2, 0) is 9.31 Å². The third kappa shape index (κ3) is 1.98. The van der Waals surface area contributed by atoms with Gasteiger partial charge in [-0.2, -0.15) is 0 Å². The fraction of sp³-hybridized carbons (Fsp3) is 0.571. The van der Waals surface area contributed by atoms with E-state index in [1.807, 2.05) is 27.7 Å². The lowest BCUT2D eigenvalue weighted by Crippen LogP contribution is -2.41. The molecule has 0 unspecified atom stereocenters. The summed E-state index contributed by atoms with van der Waals surface area (Å²) >= 11 is 0. The average molecular weight is 284 g/mol. The Morgan fingerprint density at radius 3 is 2.35 bits per heavy atom. The van der Waals surface area contributed by atoms with E-state index in [0.717, 1.165) is 0 Å². The maximum Gasteiger partial charge on any atom is 0.498 e. The van der Waals surface area contributed by atoms with Crippen LogP contribution in [0, 0.1) is 5.82 Å². The molecule has 1 fully saturated rings. The van der Waals surface area contributed by atoms with E-state index in [0.29, 0.717) is 0 Å². The van der Waals surface area contributed by atoms with E-state index in [4.69, 9.17) is 24.3 Å². The van der Waals surface area contributed by atoms with Crippen LogP contribution in [-0.4, -0.2) is 31.4 Å². The predicted octanol–water partition coefficient (Wildman–Crippen LogP) is 1.90. The first-order valence-electron chi connectivity index (χ1n) is 8.33. The molecule has 108 valence electrons. The SMILES string of the molecule is [2H]C1([2H])Oc2ccc(B3OC(C)(C)C(C)(C)O3)c(F)c2OC1([2H])[2H]. The van der Waals surface area contributed by atoms with Crippen molar-refractivity contribution in [2.24, 2.45) is 0 Å². The molecular formula is C14H18BFO4. The van der Waals surface area contributed by atoms with Crippen molar-refractivity contribution in [1.82, 2.24) is 0 Å². The zero-order valence-corrected chi connectivity index (χ0v) is 11.7. The van der Waals surface area contributed by atoms with E-state index in [-0.39, 0.29) is 11.2 Å². The summed E-state index contributed by atoms with van der Waals surface area (Å²) in [4.78, 5) is 0. The van der Waals surface area contributed by atoms with Gasteiger partial charge in [-0.25, -0.2) is 4.39 Å². The van der Waals surface area contributed by atoms with Crippen molar-refractivity contribution in [2.45, 2.75) is 38.9 Å². The molecule has 0 bridgehead atoms. The van der Waals surface area contributed by atoms with Crippen molar-refractivity contribution in [3.63, 3.8) is 0 Å². The molecule has 1 aromatic carbocycles. The predicted molar refractivity (Wildman–Crippen MR) is 73.1 cm³/mol. The Kier molecular flexibility index (Phi) is 2.10. The van der Waals surface area contributed by atoms with E-state index in [2.05, 4.69) is 0 Å². The Labute approximate surface area is 123 Å². The van der Waals surface area contributed by atoms with Crippen LogP contribution >= 0.6 is 0 Å². The van der Waals surface area contributed by atoms with Gasteiger partial charge in [-0.1, -0.05) is 6.07 Å². The number of halogens is 1. The van der Waals surface area contributed by atoms with Gasteiger partial charge in [-0.3, -0.25) is 0 Å². The van der Waals surface area contributed by atoms with Crippen molar-refractivity contribution >= 4 is 12.6 Å². The number of fused-ring (bicyclic) bond motifs is 1. The van der Waals surface area contributed by atoms with Gasteiger partial charge in [0, 0.05) is 5.46 Å². The summed E-state index contributed by atoms with van der Waals surface area (Å²) in [5.41, 5.74) is -1.29. The topological polar surface area (TPSA) is 36.9 Å². The summed E-state index contributed by atoms with van der Waals surface area (Å²) in [6.45, 7) is 1.74. The molecule has 0 amide bonds. The highest BCUT2D eigenvalue weighted by Gasteiger charge is 2.52. The molecule has 2 aliphatic heterocycles. The average Bonchev–Trinajstić information content (AvgIpc) is 2.61. The monoisotopic (exact) mass is 284 g/mol. The normalized spacial score (nSPS) is 30.9. The van der Waals surface area contributed by atoms with Crippen LogP contribution in [0.25, 0.3) is 0 Å². The highest BCUT2D eigenvalue weighted by molar-refractivity contribution is 6.62. The summed E-state index contributed by atoms with van der Waals surface area (Å²) in [5.74, 6) is -1.61. The van der Waals surface area contributed by atoms with E-state index >= 15 is 0 Å². The summed E-state index contributed by atoms with van der Waals surface area (Å²) in [6.07, 6.45) is 0. The number of hydrogen-bond donors (Lipinski definition) is 0. The molecule has 6 heteroatoms. The highest BCUT2D eigenvalue weighted by Crippen LogP contribution is 2.38. The van der Waals surface area contributed by atoms with Crippen LogP contribution in [0.4, 0.5) is 4.39 Å². The van der Waals surface area contributed by atoms with Gasteiger partial charge in [-0.15, -0.1) is 0 Å². The third-order valence-electron chi connectivity index (χ3n) is 3.95. The largest absolute Gasteiger partial charge is 0.498 e. The first-order chi connectivity index (χ1) is 10.8. The Hall–Kier alpha value is -1.27. The van der Waals surface area contributed by atoms with Gasteiger partial charge in [0.2, 0.25) is 0 Å². The van der Waals surface area contributed by atoms with Crippen molar-refractivity contribution in [1.29, 1.82) is 0 Å². The lowest BCUT2D eigenvalue weighted by Gasteiger charge is -2.32. The zero-order valence-electron chi connectivity index (χ0n) is 15.7. The molecule has 4 nitrogen and oxygen atoms in total. The molecule has 1 aromatic rings. The quantitative estimate of drug-likeness (QED) is 0.738. The number of rotatable bonds is 1. The first kappa shape index (κ1) is 9.63. The number of hydrogen-bond acceptors (Lipinski definition) is 4. The second kappa shape index (κ2) is 4.36. The molecule has 0 aromatic heterocycles. The minimum Gasteiger partial charge on any atom is -0.486 e. The minimum atomic E-state index is -2.84. The van der Waals surface area contributed by atoms with Crippen LogP contribution in [0.15, 0.2) is 12.1 Å². The second-order valence-electron chi connectivity index (χ2n) is 5.79. The smallest absolute Gasteiger partial charge is 0.486 e. The van der Waals surface area contributed by atoms with Gasteiger partial charge in [0.25, 0.3) is 0 Å². The van der Waals surface area contributed by atoms with Crippen LogP contribution in [0.1, 0.15) is 33.2 Å². The van der Waals surface area contributed by atoms with Gasteiger partial charge >= 0.3 is 7.12 Å². The maximum absolute atomic E-state index is 14.9. The standard InChI is InChI=1S/C14H18BFO4/c1-13(2)14(3,4)20-15(19-13)9-5-6-10-12(11(9)16)18-8-7-17-10/h5-6H,7-8H2,1-4H3/i7D2,8D2. The summed E-state index contributed by atoms with van der Waals surface area (Å²) < 4.78 is 66.5. The molecule has 0 spiro atoms. The molecular weight excluding hydrogens is 262 g/mol. The Balaban J connectivity index is 2.01. The van der Waals surface area contributed by atoms with E-state index < -0.39 is 43.0 Å². The molecule has 2 aliphatic rings. The molecule has 0 saturated carbocycles. The molecule has 3 rings (SSSR count). The molecule has 0 atom stereocenters. The summed E-state index contributed by atoms with van der Waals surface area (Å²) in [6, 6.07) is 2.67. The van der Waals surface area contributed by atoms with Crippen LogP contribution in [0.3, 0.4) is 0 Å². The van der Waals surface area contributed by atoms with Crippen LogP contribution < -0.4 is 14.9 Å². The Bertz CT molecular complexity index is 680. The van der Waals surface area contributed by atoms with E-state index in [9.17, 15) is 4.39 Å². The van der Waals surface area contributed by atoms with E-state index in [1.165, 1.54) is 12.1 Å². The molecule has 2 heterocycles. The van der Waals surface area contributed by atoms with Gasteiger partial charge in [0.15, 0.2) is 17.3 Å². The molecule has 1 saturated heterocycles. The highest BCUT2D eigenvalue weighted by atomic mass is 19.1. The second-order valence-corrected chi connectivity index (χ2v) is 5.79.